The maximum atomic E-state index is 12.1. The van der Waals surface area contributed by atoms with E-state index in [1.165, 1.54) is 11.5 Å². The first-order valence-electron chi connectivity index (χ1n) is 7.06. The summed E-state index contributed by atoms with van der Waals surface area (Å²) in [5.41, 5.74) is 1.92. The van der Waals surface area contributed by atoms with Gasteiger partial charge in [0.25, 0.3) is 5.91 Å². The minimum absolute atomic E-state index is 0.0432. The number of aryl methyl sites for hydroxylation is 1. The Morgan fingerprint density at radius 1 is 1.39 bits per heavy atom. The summed E-state index contributed by atoms with van der Waals surface area (Å²) >= 11 is 1.20. The third-order valence-corrected chi connectivity index (χ3v) is 4.23. The van der Waals surface area contributed by atoms with Crippen molar-refractivity contribution in [2.24, 2.45) is 5.92 Å². The van der Waals surface area contributed by atoms with Gasteiger partial charge in [-0.25, -0.2) is 0 Å². The molecule has 2 rings (SSSR count). The quantitative estimate of drug-likeness (QED) is 0.810. The second-order valence-corrected chi connectivity index (χ2v) is 5.70. The topological polar surface area (TPSA) is 88.5 Å². The van der Waals surface area contributed by atoms with Crippen LogP contribution in [0.1, 0.15) is 21.6 Å². The van der Waals surface area contributed by atoms with Crippen LogP contribution in [0.15, 0.2) is 29.6 Å². The van der Waals surface area contributed by atoms with Gasteiger partial charge in [0, 0.05) is 11.9 Å². The zero-order valence-corrected chi connectivity index (χ0v) is 13.7. The van der Waals surface area contributed by atoms with Crippen LogP contribution in [0.4, 0.5) is 0 Å². The Hall–Kier alpha value is -2.41. The highest BCUT2D eigenvalue weighted by Gasteiger charge is 2.21. The van der Waals surface area contributed by atoms with Gasteiger partial charge < -0.3 is 15.2 Å². The normalized spacial score (nSPS) is 11.7. The van der Waals surface area contributed by atoms with Gasteiger partial charge in [0.15, 0.2) is 0 Å². The number of nitrogens with zero attached hydrogens (tertiary/aromatic N) is 1. The first kappa shape index (κ1) is 17.0. The number of hydrogen-bond donors (Lipinski definition) is 2. The highest BCUT2D eigenvalue weighted by Crippen LogP contribution is 2.21. The standard InChI is InChI=1S/C16H18N2O4S/c1-10-13(9-23-18-10)15(19)17-8-12(16(20)21)7-11-5-3-4-6-14(11)22-2/h3-6,9,12H,7-8H2,1-2H3,(H,17,19)(H,20,21). The lowest BCUT2D eigenvalue weighted by atomic mass is 9.98. The van der Waals surface area contributed by atoms with Crippen LogP contribution in [0.2, 0.25) is 0 Å². The molecule has 7 heteroatoms. The van der Waals surface area contributed by atoms with E-state index >= 15 is 0 Å². The van der Waals surface area contributed by atoms with Gasteiger partial charge in [-0.15, -0.1) is 0 Å². The summed E-state index contributed by atoms with van der Waals surface area (Å²) in [6.07, 6.45) is 0.278. The number of amides is 1. The molecule has 0 bridgehead atoms. The molecule has 6 nitrogen and oxygen atoms in total. The molecule has 0 aliphatic heterocycles. The first-order valence-corrected chi connectivity index (χ1v) is 7.90. The number of nitrogens with one attached hydrogen (secondary N) is 1. The number of methoxy groups -OCH3 is 1. The molecular formula is C16H18N2O4S. The molecule has 0 fully saturated rings. The van der Waals surface area contributed by atoms with E-state index < -0.39 is 11.9 Å². The Labute approximate surface area is 138 Å². The lowest BCUT2D eigenvalue weighted by Gasteiger charge is -2.15. The average Bonchev–Trinajstić information content (AvgIpc) is 2.97. The van der Waals surface area contributed by atoms with Crippen molar-refractivity contribution in [1.29, 1.82) is 0 Å². The number of carboxylic acids is 1. The van der Waals surface area contributed by atoms with Gasteiger partial charge in [-0.05, 0) is 36.5 Å². The fourth-order valence-corrected chi connectivity index (χ4v) is 2.90. The minimum atomic E-state index is -0.962. The average molecular weight is 334 g/mol. The molecule has 0 radical (unpaired) electrons. The van der Waals surface area contributed by atoms with E-state index in [1.54, 1.807) is 25.5 Å². The number of hydrogen-bond acceptors (Lipinski definition) is 5. The number of benzene rings is 1. The maximum Gasteiger partial charge on any atom is 0.308 e. The summed E-state index contributed by atoms with van der Waals surface area (Å²) in [6.45, 7) is 1.79. The molecule has 0 spiro atoms. The van der Waals surface area contributed by atoms with Crippen molar-refractivity contribution in [3.05, 3.63) is 46.5 Å². The van der Waals surface area contributed by atoms with Crippen LogP contribution < -0.4 is 10.1 Å². The van der Waals surface area contributed by atoms with Crippen molar-refractivity contribution in [3.63, 3.8) is 0 Å². The van der Waals surface area contributed by atoms with E-state index in [1.807, 2.05) is 18.2 Å². The van der Waals surface area contributed by atoms with Gasteiger partial charge in [-0.1, -0.05) is 18.2 Å². The largest absolute Gasteiger partial charge is 0.496 e. The van der Waals surface area contributed by atoms with Gasteiger partial charge in [-0.2, -0.15) is 4.37 Å². The fourth-order valence-electron chi connectivity index (χ4n) is 2.21. The second-order valence-electron chi connectivity index (χ2n) is 5.07. The van der Waals surface area contributed by atoms with E-state index in [0.29, 0.717) is 17.0 Å². The van der Waals surface area contributed by atoms with Crippen molar-refractivity contribution >= 4 is 23.4 Å². The zero-order chi connectivity index (χ0) is 16.8. The van der Waals surface area contributed by atoms with Crippen LogP contribution in [-0.2, 0) is 11.2 Å². The predicted molar refractivity (Wildman–Crippen MR) is 87.0 cm³/mol. The van der Waals surface area contributed by atoms with Gasteiger partial charge in [0.1, 0.15) is 5.75 Å². The van der Waals surface area contributed by atoms with Crippen molar-refractivity contribution in [1.82, 2.24) is 9.69 Å². The van der Waals surface area contributed by atoms with E-state index in [0.717, 1.165) is 5.56 Å². The number of carboxylic acid groups (broad SMARTS) is 1. The Morgan fingerprint density at radius 2 is 2.13 bits per heavy atom. The minimum Gasteiger partial charge on any atom is -0.496 e. The second kappa shape index (κ2) is 7.73. The first-order chi connectivity index (χ1) is 11.0. The highest BCUT2D eigenvalue weighted by atomic mass is 32.1. The summed E-state index contributed by atoms with van der Waals surface area (Å²) in [7, 11) is 1.54. The third kappa shape index (κ3) is 4.29. The SMILES string of the molecule is COc1ccccc1CC(CNC(=O)c1csnc1C)C(=O)O. The molecule has 23 heavy (non-hydrogen) atoms. The zero-order valence-electron chi connectivity index (χ0n) is 12.9. The molecule has 1 amide bonds. The van der Waals surface area contributed by atoms with E-state index in [-0.39, 0.29) is 18.9 Å². The molecule has 1 heterocycles. The number of carbonyl (C=O) groups excluding carboxylic acids is 1. The van der Waals surface area contributed by atoms with Crippen molar-refractivity contribution < 1.29 is 19.4 Å². The Morgan fingerprint density at radius 3 is 2.74 bits per heavy atom. The van der Waals surface area contributed by atoms with E-state index in [2.05, 4.69) is 9.69 Å². The number of aromatic nitrogens is 1. The van der Waals surface area contributed by atoms with Gasteiger partial charge in [0.2, 0.25) is 0 Å². The van der Waals surface area contributed by atoms with Crippen LogP contribution in [-0.4, -0.2) is 35.0 Å². The molecule has 1 aromatic heterocycles. The molecule has 1 unspecified atom stereocenters. The molecule has 2 aromatic rings. The van der Waals surface area contributed by atoms with Crippen LogP contribution in [0, 0.1) is 12.8 Å². The summed E-state index contributed by atoms with van der Waals surface area (Å²) in [6, 6.07) is 7.26. The highest BCUT2D eigenvalue weighted by molar-refractivity contribution is 7.03. The lowest BCUT2D eigenvalue weighted by Crippen LogP contribution is -2.34. The van der Waals surface area contributed by atoms with Crippen LogP contribution in [0.3, 0.4) is 0 Å². The van der Waals surface area contributed by atoms with Gasteiger partial charge in [-0.3, -0.25) is 9.59 Å². The number of para-hydroxylation sites is 1. The van der Waals surface area contributed by atoms with Crippen molar-refractivity contribution in [3.8, 4) is 5.75 Å². The summed E-state index contributed by atoms with van der Waals surface area (Å²) < 4.78 is 9.28. The van der Waals surface area contributed by atoms with Crippen LogP contribution >= 0.6 is 11.5 Å². The fraction of sp³-hybridized carbons (Fsp3) is 0.312. The third-order valence-electron chi connectivity index (χ3n) is 3.51. The number of ether oxygens (including phenoxy) is 1. The van der Waals surface area contributed by atoms with E-state index in [4.69, 9.17) is 4.74 Å². The van der Waals surface area contributed by atoms with Crippen LogP contribution in [0.25, 0.3) is 0 Å². The summed E-state index contributed by atoms with van der Waals surface area (Å²) in [5, 5.41) is 13.7. The van der Waals surface area contributed by atoms with Crippen LogP contribution in [0.5, 0.6) is 5.75 Å². The Balaban J connectivity index is 2.03. The molecule has 0 aliphatic rings. The lowest BCUT2D eigenvalue weighted by molar-refractivity contribution is -0.141. The Bertz CT molecular complexity index is 699. The van der Waals surface area contributed by atoms with Crippen molar-refractivity contribution in [2.45, 2.75) is 13.3 Å². The number of aliphatic carboxylic acids is 1. The molecule has 2 N–H and O–H groups in total. The van der Waals surface area contributed by atoms with E-state index in [9.17, 15) is 14.7 Å². The monoisotopic (exact) mass is 334 g/mol. The van der Waals surface area contributed by atoms with Gasteiger partial charge in [0.05, 0.1) is 24.3 Å². The molecule has 0 aliphatic carbocycles. The summed E-state index contributed by atoms with van der Waals surface area (Å²) in [4.78, 5) is 23.5. The predicted octanol–water partition coefficient (Wildman–Crippen LogP) is 2.13. The molecule has 0 saturated carbocycles. The summed E-state index contributed by atoms with van der Waals surface area (Å²) in [5.74, 6) is -1.36. The van der Waals surface area contributed by atoms with Crippen molar-refractivity contribution in [2.75, 3.05) is 13.7 Å². The molecule has 1 atom stereocenters. The number of carbonyl (C=O) groups is 2. The molecule has 0 saturated heterocycles. The number of rotatable bonds is 7. The van der Waals surface area contributed by atoms with Gasteiger partial charge >= 0.3 is 5.97 Å². The smallest absolute Gasteiger partial charge is 0.308 e. The molecular weight excluding hydrogens is 316 g/mol. The maximum absolute atomic E-state index is 12.1. The molecule has 1 aromatic carbocycles. The molecule has 122 valence electrons. The Kier molecular flexibility index (Phi) is 5.70.